The van der Waals surface area contributed by atoms with E-state index in [0.29, 0.717) is 37.6 Å². The van der Waals surface area contributed by atoms with Crippen LogP contribution < -0.4 is 14.4 Å². The number of methoxy groups -OCH3 is 1. The van der Waals surface area contributed by atoms with Gasteiger partial charge >= 0.3 is 0 Å². The maximum atomic E-state index is 13.3. The minimum atomic E-state index is -3.92. The van der Waals surface area contributed by atoms with Crippen molar-refractivity contribution in [2.75, 3.05) is 37.7 Å². The first-order valence-electron chi connectivity index (χ1n) is 9.46. The predicted molar refractivity (Wildman–Crippen MR) is 113 cm³/mol. The van der Waals surface area contributed by atoms with Gasteiger partial charge in [0.25, 0.3) is 10.0 Å². The van der Waals surface area contributed by atoms with Crippen molar-refractivity contribution >= 4 is 21.6 Å². The van der Waals surface area contributed by atoms with E-state index in [4.69, 9.17) is 9.47 Å². The number of nitrogens with one attached hydrogen (secondary N) is 1. The standard InChI is InChI=1S/C21H28N2O5S/c1-4-28-19-10-8-18(9-11-19)23(16-21(24)22-14-5-15-27-3)29(25,26)20-12-6-17(2)7-13-20/h6-13H,4-5,14-16H2,1-3H3,(H,22,24). The number of ether oxygens (including phenoxy) is 2. The number of hydrogen-bond acceptors (Lipinski definition) is 5. The molecule has 0 bridgehead atoms. The average molecular weight is 421 g/mol. The molecule has 158 valence electrons. The van der Waals surface area contributed by atoms with Crippen molar-refractivity contribution in [3.8, 4) is 5.75 Å². The predicted octanol–water partition coefficient (Wildman–Crippen LogP) is 2.74. The van der Waals surface area contributed by atoms with Crippen molar-refractivity contribution in [2.45, 2.75) is 25.2 Å². The molecule has 0 aromatic heterocycles. The van der Waals surface area contributed by atoms with Gasteiger partial charge in [0.2, 0.25) is 5.91 Å². The second-order valence-electron chi connectivity index (χ2n) is 6.45. The van der Waals surface area contributed by atoms with Crippen molar-refractivity contribution < 1.29 is 22.7 Å². The summed E-state index contributed by atoms with van der Waals surface area (Å²) in [5.74, 6) is 0.249. The molecule has 0 heterocycles. The summed E-state index contributed by atoms with van der Waals surface area (Å²) >= 11 is 0. The highest BCUT2D eigenvalue weighted by molar-refractivity contribution is 7.92. The van der Waals surface area contributed by atoms with Crippen molar-refractivity contribution in [2.24, 2.45) is 0 Å². The lowest BCUT2D eigenvalue weighted by Gasteiger charge is -2.24. The van der Waals surface area contributed by atoms with Crippen molar-refractivity contribution in [3.63, 3.8) is 0 Å². The summed E-state index contributed by atoms with van der Waals surface area (Å²) in [7, 11) is -2.33. The Labute approximate surface area is 172 Å². The van der Waals surface area contributed by atoms with Crippen molar-refractivity contribution in [1.82, 2.24) is 5.32 Å². The second-order valence-corrected chi connectivity index (χ2v) is 8.31. The Bertz CT molecular complexity index is 880. The van der Waals surface area contributed by atoms with E-state index in [9.17, 15) is 13.2 Å². The fraction of sp³-hybridized carbons (Fsp3) is 0.381. The molecule has 0 saturated carbocycles. The van der Waals surface area contributed by atoms with Gasteiger partial charge in [0.15, 0.2) is 0 Å². The Balaban J connectivity index is 2.29. The van der Waals surface area contributed by atoms with Crippen molar-refractivity contribution in [1.29, 1.82) is 0 Å². The molecule has 1 N–H and O–H groups in total. The Morgan fingerprint density at radius 3 is 2.31 bits per heavy atom. The largest absolute Gasteiger partial charge is 0.494 e. The van der Waals surface area contributed by atoms with Gasteiger partial charge in [-0.2, -0.15) is 0 Å². The zero-order chi connectivity index (χ0) is 21.3. The van der Waals surface area contributed by atoms with Crippen LogP contribution >= 0.6 is 0 Å². The maximum absolute atomic E-state index is 13.3. The molecule has 7 nitrogen and oxygen atoms in total. The van der Waals surface area contributed by atoms with E-state index >= 15 is 0 Å². The van der Waals surface area contributed by atoms with E-state index in [-0.39, 0.29) is 17.3 Å². The molecule has 2 rings (SSSR count). The zero-order valence-electron chi connectivity index (χ0n) is 17.1. The van der Waals surface area contributed by atoms with Crippen LogP contribution in [-0.4, -0.2) is 47.7 Å². The fourth-order valence-corrected chi connectivity index (χ4v) is 4.08. The van der Waals surface area contributed by atoms with Gasteiger partial charge in [-0.05, 0) is 56.7 Å². The molecular formula is C21H28N2O5S. The first kappa shape index (κ1) is 22.7. The quantitative estimate of drug-likeness (QED) is 0.565. The number of carbonyl (C=O) groups is 1. The van der Waals surface area contributed by atoms with E-state index in [2.05, 4.69) is 5.32 Å². The summed E-state index contributed by atoms with van der Waals surface area (Å²) in [4.78, 5) is 12.5. The Morgan fingerprint density at radius 2 is 1.72 bits per heavy atom. The van der Waals surface area contributed by atoms with Crippen molar-refractivity contribution in [3.05, 3.63) is 54.1 Å². The van der Waals surface area contributed by atoms with Crippen LogP contribution in [0.15, 0.2) is 53.4 Å². The van der Waals surface area contributed by atoms with Crippen LogP contribution in [0.25, 0.3) is 0 Å². The molecule has 2 aromatic rings. The summed E-state index contributed by atoms with van der Waals surface area (Å²) in [6.07, 6.45) is 0.649. The molecule has 0 radical (unpaired) electrons. The van der Waals surface area contributed by atoms with Crippen LogP contribution in [0.4, 0.5) is 5.69 Å². The number of aryl methyl sites for hydroxylation is 1. The highest BCUT2D eigenvalue weighted by Gasteiger charge is 2.27. The van der Waals surface area contributed by atoms with Crippen LogP contribution in [0.5, 0.6) is 5.75 Å². The van der Waals surface area contributed by atoms with E-state index in [1.807, 2.05) is 13.8 Å². The highest BCUT2D eigenvalue weighted by atomic mass is 32.2. The molecule has 0 atom stereocenters. The Hall–Kier alpha value is -2.58. The molecule has 1 amide bonds. The molecule has 0 aliphatic heterocycles. The van der Waals surface area contributed by atoms with Gasteiger partial charge in [-0.25, -0.2) is 8.42 Å². The molecular weight excluding hydrogens is 392 g/mol. The van der Waals surface area contributed by atoms with Gasteiger partial charge in [-0.3, -0.25) is 9.10 Å². The molecule has 29 heavy (non-hydrogen) atoms. The summed E-state index contributed by atoms with van der Waals surface area (Å²) in [6, 6.07) is 13.2. The van der Waals surface area contributed by atoms with Crippen LogP contribution in [0.1, 0.15) is 18.9 Å². The molecule has 0 aliphatic rings. The number of rotatable bonds is 11. The third kappa shape index (κ3) is 6.47. The van der Waals surface area contributed by atoms with Gasteiger partial charge in [0.05, 0.1) is 17.2 Å². The van der Waals surface area contributed by atoms with E-state index in [1.165, 1.54) is 0 Å². The molecule has 0 spiro atoms. The summed E-state index contributed by atoms with van der Waals surface area (Å²) in [5.41, 5.74) is 1.34. The number of carbonyl (C=O) groups excluding carboxylic acids is 1. The number of benzene rings is 2. The molecule has 0 aliphatic carbocycles. The first-order chi connectivity index (χ1) is 13.9. The maximum Gasteiger partial charge on any atom is 0.264 e. The van der Waals surface area contributed by atoms with Gasteiger partial charge in [-0.15, -0.1) is 0 Å². The zero-order valence-corrected chi connectivity index (χ0v) is 17.9. The summed E-state index contributed by atoms with van der Waals surface area (Å²) in [6.45, 7) is 4.87. The Morgan fingerprint density at radius 1 is 1.07 bits per heavy atom. The number of anilines is 1. The SMILES string of the molecule is CCOc1ccc(N(CC(=O)NCCCOC)S(=O)(=O)c2ccc(C)cc2)cc1. The number of nitrogens with zero attached hydrogens (tertiary/aromatic N) is 1. The fourth-order valence-electron chi connectivity index (χ4n) is 2.66. The molecule has 2 aromatic carbocycles. The summed E-state index contributed by atoms with van der Waals surface area (Å²) in [5, 5.41) is 2.73. The Kier molecular flexibility index (Phi) is 8.48. The third-order valence-corrected chi connectivity index (χ3v) is 5.97. The van der Waals surface area contributed by atoms with Crippen LogP contribution in [-0.2, 0) is 19.6 Å². The van der Waals surface area contributed by atoms with Gasteiger partial charge in [0, 0.05) is 20.3 Å². The lowest BCUT2D eigenvalue weighted by atomic mass is 10.2. The molecule has 0 saturated heterocycles. The van der Waals surface area contributed by atoms with Gasteiger partial charge < -0.3 is 14.8 Å². The lowest BCUT2D eigenvalue weighted by molar-refractivity contribution is -0.119. The topological polar surface area (TPSA) is 84.9 Å². The summed E-state index contributed by atoms with van der Waals surface area (Å²) < 4.78 is 38.0. The van der Waals surface area contributed by atoms with Crippen LogP contribution in [0.3, 0.4) is 0 Å². The number of sulfonamides is 1. The number of amides is 1. The third-order valence-electron chi connectivity index (χ3n) is 4.18. The smallest absolute Gasteiger partial charge is 0.264 e. The van der Waals surface area contributed by atoms with E-state index < -0.39 is 10.0 Å². The molecule has 0 unspecified atom stereocenters. The normalized spacial score (nSPS) is 11.1. The van der Waals surface area contributed by atoms with E-state index in [0.717, 1.165) is 9.87 Å². The molecule has 0 fully saturated rings. The van der Waals surface area contributed by atoms with Gasteiger partial charge in [-0.1, -0.05) is 17.7 Å². The van der Waals surface area contributed by atoms with Gasteiger partial charge in [0.1, 0.15) is 12.3 Å². The van der Waals surface area contributed by atoms with Crippen LogP contribution in [0.2, 0.25) is 0 Å². The molecule has 8 heteroatoms. The van der Waals surface area contributed by atoms with Crippen LogP contribution in [0, 0.1) is 6.92 Å². The number of hydrogen-bond donors (Lipinski definition) is 1. The highest BCUT2D eigenvalue weighted by Crippen LogP contribution is 2.26. The average Bonchev–Trinajstić information content (AvgIpc) is 2.71. The minimum absolute atomic E-state index is 0.129. The monoisotopic (exact) mass is 420 g/mol. The minimum Gasteiger partial charge on any atom is -0.494 e. The lowest BCUT2D eigenvalue weighted by Crippen LogP contribution is -2.41. The van der Waals surface area contributed by atoms with E-state index in [1.54, 1.807) is 55.6 Å². The first-order valence-corrected chi connectivity index (χ1v) is 10.9. The second kappa shape index (κ2) is 10.8.